The molecule has 0 spiro atoms. The molecule has 170 valence electrons. The summed E-state index contributed by atoms with van der Waals surface area (Å²) in [5.74, 6) is -0.666. The summed E-state index contributed by atoms with van der Waals surface area (Å²) in [7, 11) is -0.300. The van der Waals surface area contributed by atoms with Gasteiger partial charge in [-0.2, -0.15) is 5.48 Å². The first-order valence-corrected chi connectivity index (χ1v) is 11.4. The normalized spacial score (nSPS) is 12.6. The number of hydroxylamine groups is 1. The number of ether oxygens (including phenoxy) is 1. The van der Waals surface area contributed by atoms with Crippen LogP contribution in [-0.4, -0.2) is 28.3 Å². The van der Waals surface area contributed by atoms with Gasteiger partial charge in [-0.1, -0.05) is 36.7 Å². The molecule has 0 aliphatic heterocycles. The second kappa shape index (κ2) is 12.9. The van der Waals surface area contributed by atoms with E-state index in [0.29, 0.717) is 22.0 Å². The summed E-state index contributed by atoms with van der Waals surface area (Å²) in [6, 6.07) is 11.6. The number of esters is 1. The van der Waals surface area contributed by atoms with Crippen molar-refractivity contribution in [3.63, 3.8) is 0 Å². The molecule has 0 aliphatic rings. The van der Waals surface area contributed by atoms with Crippen LogP contribution >= 0.6 is 11.6 Å². The lowest BCUT2D eigenvalue weighted by Crippen LogP contribution is -2.74. The van der Waals surface area contributed by atoms with Crippen molar-refractivity contribution < 1.29 is 29.2 Å². The SMILES string of the molecule is CC/C=C\C(=C/[NH2+]O)C(=O)c1cc(Cl)ccc1NS(=O)c1ccc(CCC(=O)OC)cc1. The van der Waals surface area contributed by atoms with E-state index in [1.54, 1.807) is 48.6 Å². The molecule has 2 rings (SSSR count). The standard InChI is InChI=1S/C23H25ClN2O5S/c1-3-4-5-17(15-25-29)23(28)20-14-18(24)9-12-21(20)26-32(30)19-10-6-16(7-11-19)8-13-22(27)31-2/h4-7,9-12,14-15,25-26,29H,3,8,13H2,1-2H3/p+1/b5-4-,17-15+. The van der Waals surface area contributed by atoms with Crippen LogP contribution in [0, 0.1) is 0 Å². The van der Waals surface area contributed by atoms with E-state index in [1.165, 1.54) is 19.4 Å². The van der Waals surface area contributed by atoms with Crippen molar-refractivity contribution in [2.24, 2.45) is 0 Å². The molecule has 9 heteroatoms. The molecule has 1 unspecified atom stereocenters. The molecule has 0 fully saturated rings. The van der Waals surface area contributed by atoms with Gasteiger partial charge >= 0.3 is 5.97 Å². The molecule has 1 atom stereocenters. The Hall–Kier alpha value is -2.78. The lowest BCUT2D eigenvalue weighted by molar-refractivity contribution is -0.838. The fourth-order valence-electron chi connectivity index (χ4n) is 2.77. The third kappa shape index (κ3) is 7.42. The highest BCUT2D eigenvalue weighted by Gasteiger charge is 2.18. The number of halogens is 1. The van der Waals surface area contributed by atoms with Gasteiger partial charge in [0.05, 0.1) is 23.3 Å². The first-order valence-electron chi connectivity index (χ1n) is 9.92. The molecule has 0 amide bonds. The molecule has 0 aliphatic carbocycles. The molecule has 0 saturated carbocycles. The van der Waals surface area contributed by atoms with Crippen LogP contribution in [0.1, 0.15) is 35.7 Å². The first kappa shape index (κ1) is 25.5. The van der Waals surface area contributed by atoms with E-state index in [9.17, 15) is 13.8 Å². The van der Waals surface area contributed by atoms with Crippen molar-refractivity contribution in [3.8, 4) is 0 Å². The number of methoxy groups -OCH3 is 1. The Morgan fingerprint density at radius 1 is 1.22 bits per heavy atom. The maximum atomic E-state index is 13.0. The summed E-state index contributed by atoms with van der Waals surface area (Å²) in [5.41, 5.74) is 2.55. The van der Waals surface area contributed by atoms with Crippen molar-refractivity contribution >= 4 is 40.0 Å². The van der Waals surface area contributed by atoms with Crippen LogP contribution in [0.2, 0.25) is 5.02 Å². The highest BCUT2D eigenvalue weighted by molar-refractivity contribution is 7.86. The van der Waals surface area contributed by atoms with Gasteiger partial charge in [0.1, 0.15) is 17.2 Å². The molecular formula is C23H26ClN2O5S+. The third-order valence-corrected chi connectivity index (χ3v) is 5.80. The average molecular weight is 478 g/mol. The maximum Gasteiger partial charge on any atom is 0.305 e. The van der Waals surface area contributed by atoms with E-state index in [0.717, 1.165) is 17.5 Å². The Bertz CT molecular complexity index is 1040. The quantitative estimate of drug-likeness (QED) is 0.151. The number of nitrogens with two attached hydrogens (primary N) is 1. The van der Waals surface area contributed by atoms with Crippen molar-refractivity contribution in [2.75, 3.05) is 11.8 Å². The van der Waals surface area contributed by atoms with E-state index >= 15 is 0 Å². The van der Waals surface area contributed by atoms with Crippen molar-refractivity contribution in [1.82, 2.24) is 0 Å². The summed E-state index contributed by atoms with van der Waals surface area (Å²) in [6.07, 6.45) is 6.21. The van der Waals surface area contributed by atoms with Gasteiger partial charge in [0.15, 0.2) is 0 Å². The molecular weight excluding hydrogens is 452 g/mol. The number of hydrogen-bond acceptors (Lipinski definition) is 5. The largest absolute Gasteiger partial charge is 0.469 e. The molecule has 7 nitrogen and oxygen atoms in total. The number of quaternary nitrogens is 1. The van der Waals surface area contributed by atoms with Gasteiger partial charge in [-0.05, 0) is 54.8 Å². The first-order chi connectivity index (χ1) is 15.4. The number of carbonyl (C=O) groups is 2. The number of anilines is 1. The molecule has 0 radical (unpaired) electrons. The van der Waals surface area contributed by atoms with Gasteiger partial charge in [-0.15, -0.1) is 0 Å². The van der Waals surface area contributed by atoms with Gasteiger partial charge < -0.3 is 9.46 Å². The summed E-state index contributed by atoms with van der Waals surface area (Å²) >= 11 is 6.10. The van der Waals surface area contributed by atoms with Crippen LogP contribution in [0.3, 0.4) is 0 Å². The molecule has 0 aromatic heterocycles. The van der Waals surface area contributed by atoms with E-state index in [2.05, 4.69) is 9.46 Å². The van der Waals surface area contributed by atoms with Gasteiger partial charge in [-0.25, -0.2) is 9.42 Å². The lowest BCUT2D eigenvalue weighted by Gasteiger charge is -2.12. The Kier molecular flexibility index (Phi) is 10.3. The van der Waals surface area contributed by atoms with Crippen LogP contribution in [0.5, 0.6) is 0 Å². The fourth-order valence-corrected chi connectivity index (χ4v) is 3.82. The Morgan fingerprint density at radius 3 is 2.56 bits per heavy atom. The number of nitrogens with one attached hydrogen (secondary N) is 1. The summed E-state index contributed by atoms with van der Waals surface area (Å²) in [5, 5.41) is 9.50. The number of Topliss-reactive ketones (excluding diaryl/α,β-unsaturated/α-hetero) is 1. The van der Waals surface area contributed by atoms with Crippen LogP contribution in [-0.2, 0) is 26.9 Å². The number of hydrogen-bond donors (Lipinski definition) is 3. The monoisotopic (exact) mass is 477 g/mol. The Balaban J connectivity index is 2.23. The maximum absolute atomic E-state index is 13.0. The average Bonchev–Trinajstić information content (AvgIpc) is 2.81. The molecule has 2 aromatic rings. The summed E-state index contributed by atoms with van der Waals surface area (Å²) < 4.78 is 20.4. The number of ketones is 1. The van der Waals surface area contributed by atoms with Crippen LogP contribution in [0.4, 0.5) is 5.69 Å². The highest BCUT2D eigenvalue weighted by Crippen LogP contribution is 2.25. The number of carbonyl (C=O) groups excluding carboxylic acids is 2. The van der Waals surface area contributed by atoms with Crippen molar-refractivity contribution in [1.29, 1.82) is 0 Å². The molecule has 0 saturated heterocycles. The third-order valence-electron chi connectivity index (χ3n) is 4.46. The number of benzene rings is 2. The summed E-state index contributed by atoms with van der Waals surface area (Å²) in [4.78, 5) is 24.8. The molecule has 0 heterocycles. The second-order valence-corrected chi connectivity index (χ2v) is 8.34. The Morgan fingerprint density at radius 2 is 1.94 bits per heavy atom. The smallest absolute Gasteiger partial charge is 0.305 e. The molecule has 2 aromatic carbocycles. The highest BCUT2D eigenvalue weighted by atomic mass is 35.5. The van der Waals surface area contributed by atoms with E-state index in [1.807, 2.05) is 6.92 Å². The summed E-state index contributed by atoms with van der Waals surface area (Å²) in [6.45, 7) is 1.93. The fraction of sp³-hybridized carbons (Fsp3) is 0.217. The van der Waals surface area contributed by atoms with Gasteiger partial charge in [-0.3, -0.25) is 9.59 Å². The number of aryl methyl sites for hydroxylation is 1. The van der Waals surface area contributed by atoms with Crippen molar-refractivity contribution in [2.45, 2.75) is 31.1 Å². The van der Waals surface area contributed by atoms with Crippen LogP contribution < -0.4 is 10.2 Å². The second-order valence-electron chi connectivity index (χ2n) is 6.69. The minimum Gasteiger partial charge on any atom is -0.469 e. The zero-order chi connectivity index (χ0) is 23.5. The molecule has 0 bridgehead atoms. The van der Waals surface area contributed by atoms with Gasteiger partial charge in [0, 0.05) is 17.0 Å². The predicted octanol–water partition coefficient (Wildman–Crippen LogP) is 3.57. The zero-order valence-electron chi connectivity index (χ0n) is 17.8. The van der Waals surface area contributed by atoms with Crippen molar-refractivity contribution in [3.05, 3.63) is 82.5 Å². The van der Waals surface area contributed by atoms with Gasteiger partial charge in [0.2, 0.25) is 5.78 Å². The predicted molar refractivity (Wildman–Crippen MR) is 124 cm³/mol. The topological polar surface area (TPSA) is 109 Å². The van der Waals surface area contributed by atoms with E-state index in [-0.39, 0.29) is 29.3 Å². The van der Waals surface area contributed by atoms with E-state index < -0.39 is 11.0 Å². The molecule has 32 heavy (non-hydrogen) atoms. The van der Waals surface area contributed by atoms with Crippen LogP contribution in [0.15, 0.2) is 71.3 Å². The van der Waals surface area contributed by atoms with Gasteiger partial charge in [0.25, 0.3) is 0 Å². The minimum atomic E-state index is -1.64. The zero-order valence-corrected chi connectivity index (χ0v) is 19.4. The number of allylic oxidation sites excluding steroid dienone is 3. The minimum absolute atomic E-state index is 0.231. The van der Waals surface area contributed by atoms with E-state index in [4.69, 9.17) is 16.8 Å². The lowest BCUT2D eigenvalue weighted by atomic mass is 10.0. The van der Waals surface area contributed by atoms with Crippen LogP contribution in [0.25, 0.3) is 0 Å². The number of rotatable bonds is 11. The Labute approximate surface area is 194 Å². The molecule has 4 N–H and O–H groups in total.